The van der Waals surface area contributed by atoms with Gasteiger partial charge in [-0.3, -0.25) is 9.79 Å². The Hall–Kier alpha value is -2.92. The molecule has 0 spiro atoms. The van der Waals surface area contributed by atoms with Gasteiger partial charge < -0.3 is 9.30 Å². The summed E-state index contributed by atoms with van der Waals surface area (Å²) in [4.78, 5) is 16.3. The molecule has 1 aliphatic rings. The number of nitrogens with zero attached hydrogens (tertiary/aromatic N) is 2. The van der Waals surface area contributed by atoms with Crippen molar-refractivity contribution in [2.75, 3.05) is 7.11 Å². The van der Waals surface area contributed by atoms with E-state index in [4.69, 9.17) is 16.3 Å². The van der Waals surface area contributed by atoms with Crippen molar-refractivity contribution in [2.24, 2.45) is 4.99 Å². The Morgan fingerprint density at radius 2 is 1.96 bits per heavy atom. The highest BCUT2D eigenvalue weighted by Crippen LogP contribution is 2.35. The molecule has 27 heavy (non-hydrogen) atoms. The molecule has 2 heterocycles. The molecule has 0 saturated heterocycles. The van der Waals surface area contributed by atoms with E-state index >= 15 is 0 Å². The summed E-state index contributed by atoms with van der Waals surface area (Å²) in [6.07, 6.45) is 3.76. The van der Waals surface area contributed by atoms with E-state index in [2.05, 4.69) is 4.99 Å². The summed E-state index contributed by atoms with van der Waals surface area (Å²) in [5, 5.41) is 0.551. The third kappa shape index (κ3) is 3.26. The number of ether oxygens (including phenoxy) is 1. The van der Waals surface area contributed by atoms with E-state index < -0.39 is 0 Å². The fourth-order valence-electron chi connectivity index (χ4n) is 3.31. The molecule has 3 aromatic rings. The molecule has 4 rings (SSSR count). The van der Waals surface area contributed by atoms with Gasteiger partial charge in [0.25, 0.3) is 0 Å². The van der Waals surface area contributed by atoms with Crippen LogP contribution in [0.5, 0.6) is 0 Å². The average molecular weight is 383 g/mol. The smallest absolute Gasteiger partial charge is 0.325 e. The van der Waals surface area contributed by atoms with E-state index in [9.17, 15) is 9.18 Å². The molecule has 1 aliphatic heterocycles. The van der Waals surface area contributed by atoms with Crippen LogP contribution in [-0.2, 0) is 22.6 Å². The minimum absolute atomic E-state index is 0.121. The lowest BCUT2D eigenvalue weighted by Gasteiger charge is -2.12. The predicted octanol–water partition coefficient (Wildman–Crippen LogP) is 4.47. The zero-order valence-electron chi connectivity index (χ0n) is 14.6. The van der Waals surface area contributed by atoms with Gasteiger partial charge in [-0.1, -0.05) is 29.8 Å². The summed E-state index contributed by atoms with van der Waals surface area (Å²) in [6.45, 7) is 0.496. The number of aliphatic imine (C=N–C) groups is 1. The molecule has 0 N–H and O–H groups in total. The third-order valence-electron chi connectivity index (χ3n) is 4.57. The van der Waals surface area contributed by atoms with Crippen LogP contribution in [0.1, 0.15) is 16.7 Å². The number of carbonyl (C=O) groups is 1. The van der Waals surface area contributed by atoms with Gasteiger partial charge in [-0.05, 0) is 35.4 Å². The fourth-order valence-corrected chi connectivity index (χ4v) is 3.48. The number of aromatic nitrogens is 1. The van der Waals surface area contributed by atoms with Gasteiger partial charge in [0.05, 0.1) is 19.4 Å². The molecule has 4 nitrogen and oxygen atoms in total. The van der Waals surface area contributed by atoms with Crippen molar-refractivity contribution >= 4 is 23.3 Å². The molecule has 0 aliphatic carbocycles. The van der Waals surface area contributed by atoms with Crippen molar-refractivity contribution in [1.29, 1.82) is 0 Å². The van der Waals surface area contributed by atoms with Crippen molar-refractivity contribution in [3.63, 3.8) is 0 Å². The monoisotopic (exact) mass is 382 g/mol. The van der Waals surface area contributed by atoms with Crippen LogP contribution >= 0.6 is 11.6 Å². The number of esters is 1. The second-order valence-electron chi connectivity index (χ2n) is 6.28. The van der Waals surface area contributed by atoms with Crippen LogP contribution in [0.3, 0.4) is 0 Å². The quantitative estimate of drug-likeness (QED) is 0.627. The minimum Gasteiger partial charge on any atom is -0.468 e. The van der Waals surface area contributed by atoms with Crippen LogP contribution in [0.4, 0.5) is 4.39 Å². The number of methoxy groups -OCH3 is 1. The van der Waals surface area contributed by atoms with Crippen molar-refractivity contribution in [1.82, 2.24) is 4.57 Å². The summed E-state index contributed by atoms with van der Waals surface area (Å²) in [6, 6.07) is 12.1. The molecule has 6 heteroatoms. The Morgan fingerprint density at radius 1 is 1.15 bits per heavy atom. The van der Waals surface area contributed by atoms with Gasteiger partial charge >= 0.3 is 5.97 Å². The summed E-state index contributed by atoms with van der Waals surface area (Å²) in [7, 11) is 1.36. The highest BCUT2D eigenvalue weighted by Gasteiger charge is 2.22. The zero-order valence-corrected chi connectivity index (χ0v) is 15.3. The van der Waals surface area contributed by atoms with Crippen molar-refractivity contribution in [3.8, 4) is 11.1 Å². The van der Waals surface area contributed by atoms with Gasteiger partial charge in [-0.2, -0.15) is 0 Å². The van der Waals surface area contributed by atoms with E-state index in [1.807, 2.05) is 18.5 Å². The predicted molar refractivity (Wildman–Crippen MR) is 103 cm³/mol. The first-order valence-electron chi connectivity index (χ1n) is 8.42. The Balaban J connectivity index is 1.87. The van der Waals surface area contributed by atoms with Gasteiger partial charge in [0.2, 0.25) is 0 Å². The summed E-state index contributed by atoms with van der Waals surface area (Å²) < 4.78 is 20.9. The lowest BCUT2D eigenvalue weighted by molar-refractivity contribution is -0.141. The van der Waals surface area contributed by atoms with Crippen LogP contribution < -0.4 is 0 Å². The van der Waals surface area contributed by atoms with Crippen LogP contribution in [-0.4, -0.2) is 23.4 Å². The third-order valence-corrected chi connectivity index (χ3v) is 4.80. The first-order valence-corrected chi connectivity index (χ1v) is 8.79. The fraction of sp³-hybridized carbons (Fsp3) is 0.143. The highest BCUT2D eigenvalue weighted by atomic mass is 35.5. The lowest BCUT2D eigenvalue weighted by atomic mass is 9.94. The van der Waals surface area contributed by atoms with E-state index in [-0.39, 0.29) is 18.3 Å². The number of hydrogen-bond acceptors (Lipinski definition) is 3. The maximum atomic E-state index is 14.4. The van der Waals surface area contributed by atoms with Gasteiger partial charge in [-0.15, -0.1) is 0 Å². The Morgan fingerprint density at radius 3 is 2.74 bits per heavy atom. The molecule has 0 amide bonds. The summed E-state index contributed by atoms with van der Waals surface area (Å²) in [5.41, 5.74) is 4.57. The molecule has 2 aromatic carbocycles. The molecule has 0 unspecified atom stereocenters. The zero-order chi connectivity index (χ0) is 19.0. The van der Waals surface area contributed by atoms with Crippen LogP contribution in [0, 0.1) is 5.82 Å². The van der Waals surface area contributed by atoms with Gasteiger partial charge in [-0.25, -0.2) is 4.39 Å². The number of halogens is 2. The number of fused-ring (bicyclic) bond motifs is 3. The maximum absolute atomic E-state index is 14.4. The first kappa shape index (κ1) is 17.5. The van der Waals surface area contributed by atoms with Crippen molar-refractivity contribution in [2.45, 2.75) is 13.1 Å². The van der Waals surface area contributed by atoms with E-state index in [0.717, 1.165) is 22.3 Å². The van der Waals surface area contributed by atoms with Gasteiger partial charge in [0, 0.05) is 34.1 Å². The van der Waals surface area contributed by atoms with Gasteiger partial charge in [0.1, 0.15) is 12.4 Å². The molecule has 0 radical (unpaired) electrons. The number of hydrogen-bond donors (Lipinski definition) is 0. The van der Waals surface area contributed by atoms with E-state index in [1.165, 1.54) is 13.2 Å². The molecule has 0 fully saturated rings. The SMILES string of the molecule is COC(=O)Cn1cc2c(c1)-c1ccc(Cl)cc1C(c1ccccc1F)=NC2. The first-order chi connectivity index (χ1) is 13.1. The number of carbonyl (C=O) groups excluding carboxylic acids is 1. The molecule has 0 bridgehead atoms. The molecule has 136 valence electrons. The van der Waals surface area contributed by atoms with Crippen LogP contribution in [0.2, 0.25) is 5.02 Å². The summed E-state index contributed by atoms with van der Waals surface area (Å²) in [5.74, 6) is -0.656. The van der Waals surface area contributed by atoms with E-state index in [1.54, 1.807) is 34.9 Å². The second-order valence-corrected chi connectivity index (χ2v) is 6.72. The van der Waals surface area contributed by atoms with Crippen LogP contribution in [0.15, 0.2) is 59.9 Å². The minimum atomic E-state index is -0.329. The average Bonchev–Trinajstić information content (AvgIpc) is 2.99. The molecule has 0 atom stereocenters. The molecular weight excluding hydrogens is 367 g/mol. The molecule has 0 saturated carbocycles. The van der Waals surface area contributed by atoms with Crippen LogP contribution in [0.25, 0.3) is 11.1 Å². The Labute approximate surface area is 160 Å². The second kappa shape index (κ2) is 7.00. The van der Waals surface area contributed by atoms with Crippen molar-refractivity contribution in [3.05, 3.63) is 82.4 Å². The molecule has 1 aromatic heterocycles. The van der Waals surface area contributed by atoms with Gasteiger partial charge in [0.15, 0.2) is 0 Å². The Kier molecular flexibility index (Phi) is 4.54. The van der Waals surface area contributed by atoms with Crippen molar-refractivity contribution < 1.29 is 13.9 Å². The standard InChI is InChI=1S/C21H16ClFN2O2/c1-27-20(26)12-25-10-13-9-24-21(16-4-2-3-5-19(16)23)17-8-14(22)6-7-15(17)18(13)11-25/h2-8,10-11H,9,12H2,1H3. The van der Waals surface area contributed by atoms with E-state index in [0.29, 0.717) is 22.8 Å². The Bertz CT molecular complexity index is 1070. The maximum Gasteiger partial charge on any atom is 0.325 e. The molecular formula is C21H16ClFN2O2. The lowest BCUT2D eigenvalue weighted by Crippen LogP contribution is -2.10. The largest absolute Gasteiger partial charge is 0.468 e. The highest BCUT2D eigenvalue weighted by molar-refractivity contribution is 6.31. The number of rotatable bonds is 3. The number of benzene rings is 2. The summed E-state index contributed by atoms with van der Waals surface area (Å²) >= 11 is 6.23. The normalized spacial score (nSPS) is 12.6. The topological polar surface area (TPSA) is 43.6 Å².